The van der Waals surface area contributed by atoms with Crippen LogP contribution in [0.15, 0.2) is 30.6 Å². The molecule has 2 aromatic rings. The zero-order valence-electron chi connectivity index (χ0n) is 10.6. The number of aryl methyl sites for hydroxylation is 1. The van der Waals surface area contributed by atoms with Gasteiger partial charge in [-0.3, -0.25) is 9.48 Å². The first-order chi connectivity index (χ1) is 8.65. The summed E-state index contributed by atoms with van der Waals surface area (Å²) < 4.78 is 1.69. The Labute approximate surface area is 106 Å². The first kappa shape index (κ1) is 12.3. The Morgan fingerprint density at radius 3 is 2.61 bits per heavy atom. The van der Waals surface area contributed by atoms with Crippen LogP contribution in [0.4, 0.5) is 5.69 Å². The summed E-state index contributed by atoms with van der Waals surface area (Å²) in [7, 11) is 1.85. The Hall–Kier alpha value is -2.17. The highest BCUT2D eigenvalue weighted by Crippen LogP contribution is 2.09. The summed E-state index contributed by atoms with van der Waals surface area (Å²) in [5.41, 5.74) is 1.72. The second-order valence-electron chi connectivity index (χ2n) is 4.14. The van der Waals surface area contributed by atoms with Crippen molar-refractivity contribution in [3.05, 3.63) is 42.0 Å². The molecule has 0 saturated carbocycles. The third kappa shape index (κ3) is 3.16. The molecule has 2 rings (SSSR count). The Bertz CT molecular complexity index is 530. The number of aromatic nitrogens is 3. The number of benzene rings is 1. The van der Waals surface area contributed by atoms with Gasteiger partial charge in [0.2, 0.25) is 0 Å². The lowest BCUT2D eigenvalue weighted by atomic mass is 10.1. The smallest absolute Gasteiger partial charge is 0.159 e. The fraction of sp³-hybridized carbons (Fsp3) is 0.308. The van der Waals surface area contributed by atoms with Crippen LogP contribution in [0.5, 0.6) is 0 Å². The Balaban J connectivity index is 1.85. The quantitative estimate of drug-likeness (QED) is 0.813. The third-order valence-electron chi connectivity index (χ3n) is 2.62. The van der Waals surface area contributed by atoms with Gasteiger partial charge in [-0.05, 0) is 31.2 Å². The molecule has 1 N–H and O–H groups in total. The fourth-order valence-corrected chi connectivity index (χ4v) is 1.64. The number of carbonyl (C=O) groups excluding carboxylic acids is 1. The van der Waals surface area contributed by atoms with Gasteiger partial charge in [-0.25, -0.2) is 4.98 Å². The highest BCUT2D eigenvalue weighted by molar-refractivity contribution is 5.94. The second-order valence-corrected chi connectivity index (χ2v) is 4.14. The van der Waals surface area contributed by atoms with E-state index in [-0.39, 0.29) is 5.78 Å². The van der Waals surface area contributed by atoms with E-state index in [9.17, 15) is 4.79 Å². The van der Waals surface area contributed by atoms with Gasteiger partial charge in [-0.1, -0.05) is 0 Å². The van der Waals surface area contributed by atoms with Crippen LogP contribution in [-0.4, -0.2) is 27.1 Å². The van der Waals surface area contributed by atoms with E-state index in [4.69, 9.17) is 0 Å². The van der Waals surface area contributed by atoms with Crippen molar-refractivity contribution < 1.29 is 4.79 Å². The molecule has 5 nitrogen and oxygen atoms in total. The van der Waals surface area contributed by atoms with Crippen LogP contribution in [0.25, 0.3) is 0 Å². The molecule has 0 amide bonds. The van der Waals surface area contributed by atoms with Crippen molar-refractivity contribution in [2.75, 3.05) is 11.9 Å². The molecular weight excluding hydrogens is 228 g/mol. The van der Waals surface area contributed by atoms with Crippen molar-refractivity contribution in [2.45, 2.75) is 13.3 Å². The number of hydrogen-bond donors (Lipinski definition) is 1. The Kier molecular flexibility index (Phi) is 3.72. The van der Waals surface area contributed by atoms with Gasteiger partial charge >= 0.3 is 0 Å². The van der Waals surface area contributed by atoms with Crippen LogP contribution in [0.1, 0.15) is 23.1 Å². The number of hydrogen-bond acceptors (Lipinski definition) is 4. The van der Waals surface area contributed by atoms with Crippen LogP contribution in [0.2, 0.25) is 0 Å². The minimum Gasteiger partial charge on any atom is -0.385 e. The number of anilines is 1. The van der Waals surface area contributed by atoms with Crippen LogP contribution in [0.3, 0.4) is 0 Å². The summed E-state index contributed by atoms with van der Waals surface area (Å²) in [5.74, 6) is 0.907. The summed E-state index contributed by atoms with van der Waals surface area (Å²) in [6.07, 6.45) is 2.46. The molecule has 0 aliphatic rings. The zero-order valence-corrected chi connectivity index (χ0v) is 10.6. The van der Waals surface area contributed by atoms with Gasteiger partial charge in [0.1, 0.15) is 6.33 Å². The number of rotatable bonds is 5. The number of nitrogens with one attached hydrogen (secondary N) is 1. The monoisotopic (exact) mass is 244 g/mol. The number of carbonyl (C=O) groups is 1. The molecule has 5 heteroatoms. The molecule has 0 atom stereocenters. The van der Waals surface area contributed by atoms with E-state index in [1.807, 2.05) is 31.3 Å². The predicted molar refractivity (Wildman–Crippen MR) is 69.6 cm³/mol. The standard InChI is InChI=1S/C13H16N4O/c1-10(18)11-3-5-12(6-4-11)14-8-7-13-15-9-17(2)16-13/h3-6,9,14H,7-8H2,1-2H3. The lowest BCUT2D eigenvalue weighted by Crippen LogP contribution is -2.06. The molecule has 0 saturated heterocycles. The maximum Gasteiger partial charge on any atom is 0.159 e. The number of ketones is 1. The highest BCUT2D eigenvalue weighted by atomic mass is 16.1. The van der Waals surface area contributed by atoms with Crippen molar-refractivity contribution in [1.29, 1.82) is 0 Å². The van der Waals surface area contributed by atoms with E-state index in [0.717, 1.165) is 30.0 Å². The second kappa shape index (κ2) is 5.44. The summed E-state index contributed by atoms with van der Waals surface area (Å²) in [4.78, 5) is 15.3. The molecule has 0 bridgehead atoms. The van der Waals surface area contributed by atoms with Crippen LogP contribution in [0, 0.1) is 0 Å². The molecule has 94 valence electrons. The van der Waals surface area contributed by atoms with Crippen LogP contribution < -0.4 is 5.32 Å². The summed E-state index contributed by atoms with van der Waals surface area (Å²) in [6, 6.07) is 7.46. The van der Waals surface area contributed by atoms with E-state index in [0.29, 0.717) is 0 Å². The molecule has 0 unspecified atom stereocenters. The molecule has 0 aliphatic carbocycles. The van der Waals surface area contributed by atoms with E-state index < -0.39 is 0 Å². The van der Waals surface area contributed by atoms with Gasteiger partial charge in [0.25, 0.3) is 0 Å². The van der Waals surface area contributed by atoms with E-state index in [2.05, 4.69) is 15.4 Å². The average Bonchev–Trinajstić information content (AvgIpc) is 2.76. The van der Waals surface area contributed by atoms with Crippen molar-refractivity contribution in [1.82, 2.24) is 14.8 Å². The largest absolute Gasteiger partial charge is 0.385 e. The lowest BCUT2D eigenvalue weighted by molar-refractivity contribution is 0.101. The molecular formula is C13H16N4O. The van der Waals surface area contributed by atoms with Gasteiger partial charge in [0, 0.05) is 31.3 Å². The van der Waals surface area contributed by atoms with Crippen LogP contribution >= 0.6 is 0 Å². The van der Waals surface area contributed by atoms with E-state index in [1.165, 1.54) is 0 Å². The maximum atomic E-state index is 11.1. The number of Topliss-reactive ketones (excluding diaryl/α,β-unsaturated/α-hetero) is 1. The molecule has 1 aromatic heterocycles. The summed E-state index contributed by atoms with van der Waals surface area (Å²) in [5, 5.41) is 7.47. The Morgan fingerprint density at radius 1 is 1.33 bits per heavy atom. The first-order valence-electron chi connectivity index (χ1n) is 5.84. The SMILES string of the molecule is CC(=O)c1ccc(NCCc2ncn(C)n2)cc1. The third-order valence-corrected chi connectivity index (χ3v) is 2.62. The average molecular weight is 244 g/mol. The van der Waals surface area contributed by atoms with Crippen molar-refractivity contribution >= 4 is 11.5 Å². The fourth-order valence-electron chi connectivity index (χ4n) is 1.64. The van der Waals surface area contributed by atoms with Gasteiger partial charge < -0.3 is 5.32 Å². The van der Waals surface area contributed by atoms with Gasteiger partial charge in [-0.15, -0.1) is 0 Å². The van der Waals surface area contributed by atoms with E-state index >= 15 is 0 Å². The number of nitrogens with zero attached hydrogens (tertiary/aromatic N) is 3. The highest BCUT2D eigenvalue weighted by Gasteiger charge is 2.00. The molecule has 18 heavy (non-hydrogen) atoms. The minimum atomic E-state index is 0.0826. The van der Waals surface area contributed by atoms with Crippen molar-refractivity contribution in [2.24, 2.45) is 7.05 Å². The van der Waals surface area contributed by atoms with Gasteiger partial charge in [0.15, 0.2) is 11.6 Å². The summed E-state index contributed by atoms with van der Waals surface area (Å²) >= 11 is 0. The maximum absolute atomic E-state index is 11.1. The molecule has 0 spiro atoms. The normalized spacial score (nSPS) is 10.3. The predicted octanol–water partition coefficient (Wildman–Crippen LogP) is 1.67. The topological polar surface area (TPSA) is 59.8 Å². The molecule has 0 fully saturated rings. The molecule has 0 aliphatic heterocycles. The van der Waals surface area contributed by atoms with Gasteiger partial charge in [0.05, 0.1) is 0 Å². The van der Waals surface area contributed by atoms with Crippen molar-refractivity contribution in [3.63, 3.8) is 0 Å². The van der Waals surface area contributed by atoms with Crippen LogP contribution in [-0.2, 0) is 13.5 Å². The molecule has 1 heterocycles. The molecule has 1 aromatic carbocycles. The zero-order chi connectivity index (χ0) is 13.0. The minimum absolute atomic E-state index is 0.0826. The molecule has 0 radical (unpaired) electrons. The van der Waals surface area contributed by atoms with Gasteiger partial charge in [-0.2, -0.15) is 5.10 Å². The first-order valence-corrected chi connectivity index (χ1v) is 5.84. The lowest BCUT2D eigenvalue weighted by Gasteiger charge is -2.05. The summed E-state index contributed by atoms with van der Waals surface area (Å²) in [6.45, 7) is 2.33. The van der Waals surface area contributed by atoms with Crippen molar-refractivity contribution in [3.8, 4) is 0 Å². The Morgan fingerprint density at radius 2 is 2.06 bits per heavy atom. The van der Waals surface area contributed by atoms with E-state index in [1.54, 1.807) is 17.9 Å².